The van der Waals surface area contributed by atoms with Gasteiger partial charge in [-0.1, -0.05) is 51.9 Å². The molecule has 26 nitrogen and oxygen atoms in total. The van der Waals surface area contributed by atoms with Crippen molar-refractivity contribution in [3.8, 4) is 0 Å². The molecule has 7 atom stereocenters. The molecular formula is C57H75N15O11S4. The largest absolute Gasteiger partial charge is 0.454 e. The summed E-state index contributed by atoms with van der Waals surface area (Å²) in [5.41, 5.74) is 12.0. The molecule has 0 saturated carbocycles. The summed E-state index contributed by atoms with van der Waals surface area (Å²) in [7, 11) is 9.06. The molecule has 4 aromatic rings. The van der Waals surface area contributed by atoms with Crippen LogP contribution in [0.1, 0.15) is 76.2 Å². The van der Waals surface area contributed by atoms with E-state index in [9.17, 15) is 47.9 Å². The van der Waals surface area contributed by atoms with Gasteiger partial charge >= 0.3 is 5.97 Å². The van der Waals surface area contributed by atoms with Gasteiger partial charge in [0.15, 0.2) is 12.3 Å². The molecule has 4 saturated heterocycles. The van der Waals surface area contributed by atoms with Crippen molar-refractivity contribution < 1.29 is 52.7 Å². The maximum absolute atomic E-state index is 14.8. The number of nitrogens with zero attached hydrogens (tertiary/aromatic N) is 5. The highest BCUT2D eigenvalue weighted by Gasteiger charge is 2.49. The number of hydrogen-bond donors (Lipinski definition) is 10. The van der Waals surface area contributed by atoms with E-state index < -0.39 is 114 Å². The third kappa shape index (κ3) is 19.0. The molecule has 468 valence electrons. The van der Waals surface area contributed by atoms with E-state index in [1.165, 1.54) is 53.0 Å². The zero-order valence-electron chi connectivity index (χ0n) is 48.4. The summed E-state index contributed by atoms with van der Waals surface area (Å²) in [4.78, 5) is 159. The van der Waals surface area contributed by atoms with Gasteiger partial charge in [0, 0.05) is 67.1 Å². The number of hydrogen-bond acceptors (Lipinski definition) is 20. The number of carbonyl (C=O) groups is 10. The number of esters is 1. The van der Waals surface area contributed by atoms with Crippen molar-refractivity contribution in [1.29, 1.82) is 0 Å². The van der Waals surface area contributed by atoms with E-state index in [0.717, 1.165) is 15.9 Å². The van der Waals surface area contributed by atoms with Crippen molar-refractivity contribution >= 4 is 113 Å². The number of rotatable bonds is 23. The summed E-state index contributed by atoms with van der Waals surface area (Å²) in [6.45, 7) is 0.207. The molecule has 0 spiro atoms. The fourth-order valence-corrected chi connectivity index (χ4v) is 14.7. The monoisotopic (exact) mass is 1270 g/mol. The Balaban J connectivity index is 1.07. The number of aromatic nitrogens is 3. The van der Waals surface area contributed by atoms with Gasteiger partial charge in [-0.3, -0.25) is 43.2 Å². The summed E-state index contributed by atoms with van der Waals surface area (Å²) >= 11 is 0. The molecule has 1 aromatic carbocycles. The predicted molar refractivity (Wildman–Crippen MR) is 329 cm³/mol. The lowest BCUT2D eigenvalue weighted by Gasteiger charge is -2.30. The first kappa shape index (κ1) is 66.0. The first-order valence-corrected chi connectivity index (χ1v) is 33.6. The number of aromatic amines is 1. The Morgan fingerprint density at radius 1 is 0.736 bits per heavy atom. The van der Waals surface area contributed by atoms with Crippen LogP contribution in [0.2, 0.25) is 0 Å². The number of para-hydroxylation sites is 1. The highest BCUT2D eigenvalue weighted by Crippen LogP contribution is 2.33. The average Bonchev–Trinajstić information content (AvgIpc) is 3.45. The maximum Gasteiger partial charge on any atom is 0.329 e. The highest BCUT2D eigenvalue weighted by atomic mass is 33.1. The minimum absolute atomic E-state index is 0.0437. The summed E-state index contributed by atoms with van der Waals surface area (Å²) in [6, 6.07) is 8.93. The highest BCUT2D eigenvalue weighted by molar-refractivity contribution is 8.77. The number of amides is 9. The average molecular weight is 1270 g/mol. The molecule has 0 aliphatic carbocycles. The normalized spacial score (nSPS) is 23.3. The van der Waals surface area contributed by atoms with E-state index in [0.29, 0.717) is 55.0 Å². The Morgan fingerprint density at radius 3 is 2.07 bits per heavy atom. The standard InChI is InChI=1S/C57H75N15O11S4/c1-70(2)26-12-8-18-38-51(77)67-41(29-35-31-62-37-16-4-3-15-36(35)37)55(81)83-32-48(74)71-27-14-20-44(71)53(79)65-39(17-5-9-25-61-56(82)57(68-69-57)34-85-87-47-22-7-11-24-60-47)50(76)66-40(54(80)72-28-13-19-43(72)49(58)75)30-45(73)63-42(52(78)64-38)33-84-86-46-21-6-10-23-59-46/h3-4,6-7,10-11,15-16,21-24,31,38-44,62,68-69H,5,8-9,12-14,17-20,25-30,32-34H2,1-2H3,(H2,58,75)(H,61,82)(H,63,73)(H,64,78)(H,65,79)(H,66,76)(H,67,77)/t38-,39-,40-,41-,42-,43-,44-/m0/s1. The van der Waals surface area contributed by atoms with Gasteiger partial charge in [-0.05, 0) is 142 Å². The summed E-state index contributed by atoms with van der Waals surface area (Å²) in [6.07, 6.45) is 7.03. The number of cyclic esters (lactones) is 1. The van der Waals surface area contributed by atoms with Crippen molar-refractivity contribution in [2.75, 3.05) is 58.4 Å². The van der Waals surface area contributed by atoms with Crippen LogP contribution in [-0.4, -0.2) is 195 Å². The van der Waals surface area contributed by atoms with E-state index in [-0.39, 0.29) is 69.8 Å². The van der Waals surface area contributed by atoms with Crippen LogP contribution in [0.4, 0.5) is 0 Å². The minimum atomic E-state index is -1.67. The van der Waals surface area contributed by atoms with E-state index in [2.05, 4.69) is 57.7 Å². The smallest absolute Gasteiger partial charge is 0.329 e. The molecule has 11 N–H and O–H groups in total. The number of ether oxygens (including phenoxy) is 1. The summed E-state index contributed by atoms with van der Waals surface area (Å²) < 4.78 is 5.71. The van der Waals surface area contributed by atoms with E-state index in [1.807, 2.05) is 61.5 Å². The molecule has 0 radical (unpaired) electrons. The molecule has 9 amide bonds. The molecule has 4 aliphatic rings. The number of nitrogens with one attached hydrogen (secondary N) is 9. The predicted octanol–water partition coefficient (Wildman–Crippen LogP) is 1.04. The van der Waals surface area contributed by atoms with Crippen LogP contribution in [0.5, 0.6) is 0 Å². The van der Waals surface area contributed by atoms with Gasteiger partial charge in [0.25, 0.3) is 11.8 Å². The molecular weight excluding hydrogens is 1200 g/mol. The van der Waals surface area contributed by atoms with Crippen LogP contribution in [0.25, 0.3) is 10.9 Å². The molecule has 8 rings (SSSR count). The number of primary amides is 1. The third-order valence-electron chi connectivity index (χ3n) is 15.1. The van der Waals surface area contributed by atoms with Crippen molar-refractivity contribution in [2.45, 2.75) is 135 Å². The van der Waals surface area contributed by atoms with Crippen molar-refractivity contribution in [3.05, 3.63) is 84.8 Å². The molecule has 3 aromatic heterocycles. The quantitative estimate of drug-likeness (QED) is 0.0215. The fraction of sp³-hybridized carbons (Fsp3) is 0.509. The molecule has 7 heterocycles. The number of benzene rings is 1. The number of H-pyrrole nitrogens is 1. The van der Waals surface area contributed by atoms with Gasteiger partial charge in [-0.15, -0.1) is 0 Å². The topological polar surface area (TPSA) is 373 Å². The zero-order chi connectivity index (χ0) is 61.9. The zero-order valence-corrected chi connectivity index (χ0v) is 51.7. The first-order valence-electron chi connectivity index (χ1n) is 29.0. The number of carbonyl (C=O) groups excluding carboxylic acids is 10. The Morgan fingerprint density at radius 2 is 1.38 bits per heavy atom. The van der Waals surface area contributed by atoms with Crippen LogP contribution in [0.3, 0.4) is 0 Å². The Kier molecular flexibility index (Phi) is 24.5. The van der Waals surface area contributed by atoms with E-state index in [4.69, 9.17) is 10.5 Å². The number of unbranched alkanes of at least 4 members (excludes halogenated alkanes) is 2. The van der Waals surface area contributed by atoms with Crippen LogP contribution in [0.15, 0.2) is 89.3 Å². The third-order valence-corrected chi connectivity index (χ3v) is 19.7. The second-order valence-electron chi connectivity index (χ2n) is 21.8. The Hall–Kier alpha value is -6.96. The summed E-state index contributed by atoms with van der Waals surface area (Å²) in [5.74, 6) is -7.31. The van der Waals surface area contributed by atoms with Gasteiger partial charge in [0.05, 0.1) is 6.42 Å². The van der Waals surface area contributed by atoms with Crippen LogP contribution in [-0.2, 0) is 59.1 Å². The fourth-order valence-electron chi connectivity index (χ4n) is 10.4. The van der Waals surface area contributed by atoms with Gasteiger partial charge < -0.3 is 62.1 Å². The minimum Gasteiger partial charge on any atom is -0.454 e. The van der Waals surface area contributed by atoms with Crippen LogP contribution in [0, 0.1) is 0 Å². The number of fused-ring (bicyclic) bond motifs is 2. The van der Waals surface area contributed by atoms with Gasteiger partial charge in [0.1, 0.15) is 52.3 Å². The van der Waals surface area contributed by atoms with Crippen molar-refractivity contribution in [1.82, 2.24) is 72.4 Å². The molecule has 87 heavy (non-hydrogen) atoms. The second kappa shape index (κ2) is 32.3. The SMILES string of the molecule is CN(C)CCCC[C@@H]1NC(=O)[C@H](CSSc2ccccn2)NC(=O)C[C@@H](C(=O)N2CCC[C@H]2C(N)=O)NC(=O)[C@H](CCCCNC(=O)C2(CSSc3ccccn3)NN2)NC(=O)[C@@H]2CCCN2C(=O)COC(=O)[C@H](Cc2c[nH]c3ccccc23)NC1=O. The van der Waals surface area contributed by atoms with E-state index >= 15 is 0 Å². The lowest BCUT2D eigenvalue weighted by molar-refractivity contribution is -0.155. The van der Waals surface area contributed by atoms with Crippen molar-refractivity contribution in [2.24, 2.45) is 5.73 Å². The Labute approximate surface area is 519 Å². The first-order chi connectivity index (χ1) is 42.0. The second-order valence-corrected chi connectivity index (χ2v) is 26.5. The number of likely N-dealkylation sites (tertiary alicyclic amines) is 1. The van der Waals surface area contributed by atoms with E-state index in [1.54, 1.807) is 36.8 Å². The molecule has 4 fully saturated rings. The number of nitrogens with two attached hydrogens (primary N) is 1. The van der Waals surface area contributed by atoms with Gasteiger partial charge in [-0.2, -0.15) is 0 Å². The molecule has 4 aliphatic heterocycles. The molecule has 0 unspecified atom stereocenters. The summed E-state index contributed by atoms with van der Waals surface area (Å²) in [5, 5.41) is 18.9. The van der Waals surface area contributed by atoms with Gasteiger partial charge in [-0.25, -0.2) is 25.6 Å². The lowest BCUT2D eigenvalue weighted by Crippen LogP contribution is -2.60. The molecule has 30 heteroatoms. The number of hydrazine groups is 1. The number of pyridine rings is 2. The van der Waals surface area contributed by atoms with Crippen molar-refractivity contribution in [3.63, 3.8) is 0 Å². The molecule has 0 bridgehead atoms. The van der Waals surface area contributed by atoms with Gasteiger partial charge in [0.2, 0.25) is 41.4 Å². The lowest BCUT2D eigenvalue weighted by atomic mass is 10.0. The maximum atomic E-state index is 14.8. The van der Waals surface area contributed by atoms with Crippen LogP contribution >= 0.6 is 43.2 Å². The Bertz CT molecular complexity index is 3070. The van der Waals surface area contributed by atoms with Crippen LogP contribution < -0.4 is 48.5 Å².